The van der Waals surface area contributed by atoms with E-state index < -0.39 is 0 Å². The summed E-state index contributed by atoms with van der Waals surface area (Å²) in [6.45, 7) is 9.31. The minimum absolute atomic E-state index is 0.0707. The van der Waals surface area contributed by atoms with Gasteiger partial charge in [-0.05, 0) is 51.4 Å². The second-order valence-electron chi connectivity index (χ2n) is 7.05. The molecule has 3 nitrogen and oxygen atoms in total. The molecule has 0 radical (unpaired) electrons. The summed E-state index contributed by atoms with van der Waals surface area (Å²) in [6.07, 6.45) is 7.47. The first kappa shape index (κ1) is 14.8. The molecule has 0 aromatic rings. The van der Waals surface area contributed by atoms with Crippen LogP contribution in [-0.2, 0) is 9.53 Å². The number of amides is 1. The van der Waals surface area contributed by atoms with Gasteiger partial charge >= 0.3 is 0 Å². The van der Waals surface area contributed by atoms with Crippen LogP contribution in [0.15, 0.2) is 0 Å². The zero-order chi connectivity index (χ0) is 13.9. The molecule has 2 aliphatic rings. The molecule has 2 heterocycles. The fourth-order valence-corrected chi connectivity index (χ4v) is 3.97. The Morgan fingerprint density at radius 1 is 1.26 bits per heavy atom. The number of carbonyl (C=O) groups excluding carboxylic acids is 1. The van der Waals surface area contributed by atoms with E-state index in [0.717, 1.165) is 51.8 Å². The lowest BCUT2D eigenvalue weighted by atomic mass is 9.69. The Labute approximate surface area is 117 Å². The van der Waals surface area contributed by atoms with Crippen LogP contribution in [0, 0.1) is 5.41 Å². The molecule has 19 heavy (non-hydrogen) atoms. The monoisotopic (exact) mass is 267 g/mol. The van der Waals surface area contributed by atoms with Crippen LogP contribution in [-0.4, -0.2) is 36.1 Å². The average Bonchev–Trinajstić information content (AvgIpc) is 2.80. The maximum Gasteiger partial charge on any atom is 0.223 e. The van der Waals surface area contributed by atoms with Gasteiger partial charge in [-0.25, -0.2) is 0 Å². The van der Waals surface area contributed by atoms with Crippen LogP contribution in [0.2, 0.25) is 0 Å². The Balaban J connectivity index is 2.03. The van der Waals surface area contributed by atoms with E-state index in [0.29, 0.717) is 5.91 Å². The van der Waals surface area contributed by atoms with E-state index in [4.69, 9.17) is 4.74 Å². The van der Waals surface area contributed by atoms with E-state index >= 15 is 0 Å². The summed E-state index contributed by atoms with van der Waals surface area (Å²) in [5.74, 6) is 0.378. The molecule has 0 aliphatic carbocycles. The fourth-order valence-electron chi connectivity index (χ4n) is 3.97. The van der Waals surface area contributed by atoms with Crippen molar-refractivity contribution in [1.82, 2.24) is 4.90 Å². The van der Waals surface area contributed by atoms with Crippen LogP contribution in [0.1, 0.15) is 65.7 Å². The molecule has 2 fully saturated rings. The van der Waals surface area contributed by atoms with Gasteiger partial charge in [-0.3, -0.25) is 4.79 Å². The van der Waals surface area contributed by atoms with Gasteiger partial charge in [0.2, 0.25) is 5.91 Å². The summed E-state index contributed by atoms with van der Waals surface area (Å²) < 4.78 is 5.85. The standard InChI is InChI=1S/C16H29NO2/c1-4-7-16(8-11-19-15(2,3)13-16)12-14(18)17-9-5-6-10-17/h4-13H2,1-3H3/t16-/m1/s1. The fraction of sp³-hybridized carbons (Fsp3) is 0.938. The van der Waals surface area contributed by atoms with Gasteiger partial charge in [0.05, 0.1) is 5.60 Å². The summed E-state index contributed by atoms with van der Waals surface area (Å²) >= 11 is 0. The molecule has 1 atom stereocenters. The Bertz CT molecular complexity index is 317. The molecule has 0 saturated carbocycles. The normalized spacial score (nSPS) is 30.6. The molecule has 2 rings (SSSR count). The third-order valence-corrected chi connectivity index (χ3v) is 4.69. The highest BCUT2D eigenvalue weighted by atomic mass is 16.5. The lowest BCUT2D eigenvalue weighted by molar-refractivity contribution is -0.141. The second kappa shape index (κ2) is 5.82. The molecule has 0 bridgehead atoms. The minimum Gasteiger partial charge on any atom is -0.376 e. The molecule has 3 heteroatoms. The molecule has 1 amide bonds. The molecule has 0 aromatic carbocycles. The molecule has 0 aromatic heterocycles. The molecule has 2 saturated heterocycles. The third-order valence-electron chi connectivity index (χ3n) is 4.69. The van der Waals surface area contributed by atoms with Gasteiger partial charge in [-0.15, -0.1) is 0 Å². The SMILES string of the molecule is CCC[C@]1(CC(=O)N2CCCC2)CCOC(C)(C)C1. The number of hydrogen-bond donors (Lipinski definition) is 0. The van der Waals surface area contributed by atoms with E-state index in [1.165, 1.54) is 12.8 Å². The van der Waals surface area contributed by atoms with Crippen LogP contribution in [0.4, 0.5) is 0 Å². The number of carbonyl (C=O) groups is 1. The third kappa shape index (κ3) is 3.71. The van der Waals surface area contributed by atoms with Crippen molar-refractivity contribution >= 4 is 5.91 Å². The largest absolute Gasteiger partial charge is 0.376 e. The van der Waals surface area contributed by atoms with Crippen LogP contribution >= 0.6 is 0 Å². The van der Waals surface area contributed by atoms with Gasteiger partial charge in [-0.2, -0.15) is 0 Å². The molecular weight excluding hydrogens is 238 g/mol. The summed E-state index contributed by atoms with van der Waals surface area (Å²) in [6, 6.07) is 0. The predicted molar refractivity (Wildman–Crippen MR) is 77.0 cm³/mol. The van der Waals surface area contributed by atoms with Gasteiger partial charge in [0.15, 0.2) is 0 Å². The highest BCUT2D eigenvalue weighted by Gasteiger charge is 2.42. The van der Waals surface area contributed by atoms with E-state index in [9.17, 15) is 4.79 Å². The topological polar surface area (TPSA) is 29.5 Å². The number of ether oxygens (including phenoxy) is 1. The zero-order valence-electron chi connectivity index (χ0n) is 12.8. The molecular formula is C16H29NO2. The Kier molecular flexibility index (Phi) is 4.54. The predicted octanol–water partition coefficient (Wildman–Crippen LogP) is 3.37. The van der Waals surface area contributed by atoms with Crippen molar-refractivity contribution in [3.05, 3.63) is 0 Å². The zero-order valence-corrected chi connectivity index (χ0v) is 12.8. The summed E-state index contributed by atoms with van der Waals surface area (Å²) in [5.41, 5.74) is 0.106. The highest BCUT2D eigenvalue weighted by molar-refractivity contribution is 5.77. The molecule has 0 spiro atoms. The summed E-state index contributed by atoms with van der Waals surface area (Å²) in [4.78, 5) is 14.6. The van der Waals surface area contributed by atoms with Crippen molar-refractivity contribution in [2.24, 2.45) is 5.41 Å². The molecule has 0 unspecified atom stereocenters. The van der Waals surface area contributed by atoms with Crippen molar-refractivity contribution in [3.63, 3.8) is 0 Å². The first-order valence-electron chi connectivity index (χ1n) is 7.88. The number of nitrogens with zero attached hydrogens (tertiary/aromatic N) is 1. The number of rotatable bonds is 4. The van der Waals surface area contributed by atoms with E-state index in [1.54, 1.807) is 0 Å². The maximum atomic E-state index is 12.5. The molecule has 0 N–H and O–H groups in total. The van der Waals surface area contributed by atoms with E-state index in [1.807, 2.05) is 0 Å². The number of hydrogen-bond acceptors (Lipinski definition) is 2. The highest BCUT2D eigenvalue weighted by Crippen LogP contribution is 2.45. The Morgan fingerprint density at radius 3 is 2.53 bits per heavy atom. The summed E-state index contributed by atoms with van der Waals surface area (Å²) in [7, 11) is 0. The van der Waals surface area contributed by atoms with Crippen LogP contribution < -0.4 is 0 Å². The minimum atomic E-state index is -0.0707. The molecule has 110 valence electrons. The quantitative estimate of drug-likeness (QED) is 0.781. The van der Waals surface area contributed by atoms with Crippen LogP contribution in [0.5, 0.6) is 0 Å². The Morgan fingerprint density at radius 2 is 1.95 bits per heavy atom. The van der Waals surface area contributed by atoms with Crippen LogP contribution in [0.25, 0.3) is 0 Å². The second-order valence-corrected chi connectivity index (χ2v) is 7.05. The lowest BCUT2D eigenvalue weighted by Crippen LogP contribution is -2.44. The van der Waals surface area contributed by atoms with Gasteiger partial charge in [0.25, 0.3) is 0 Å². The van der Waals surface area contributed by atoms with Crippen molar-refractivity contribution in [3.8, 4) is 0 Å². The Hall–Kier alpha value is -0.570. The van der Waals surface area contributed by atoms with E-state index in [-0.39, 0.29) is 11.0 Å². The van der Waals surface area contributed by atoms with E-state index in [2.05, 4.69) is 25.7 Å². The molecule has 2 aliphatic heterocycles. The van der Waals surface area contributed by atoms with Crippen molar-refractivity contribution in [2.75, 3.05) is 19.7 Å². The summed E-state index contributed by atoms with van der Waals surface area (Å²) in [5, 5.41) is 0. The van der Waals surface area contributed by atoms with Gasteiger partial charge in [0, 0.05) is 26.1 Å². The first-order valence-corrected chi connectivity index (χ1v) is 7.88. The van der Waals surface area contributed by atoms with Crippen molar-refractivity contribution in [2.45, 2.75) is 71.3 Å². The average molecular weight is 267 g/mol. The van der Waals surface area contributed by atoms with Crippen molar-refractivity contribution in [1.29, 1.82) is 0 Å². The number of likely N-dealkylation sites (tertiary alicyclic amines) is 1. The van der Waals surface area contributed by atoms with Gasteiger partial charge < -0.3 is 9.64 Å². The lowest BCUT2D eigenvalue weighted by Gasteiger charge is -2.45. The first-order chi connectivity index (χ1) is 8.96. The smallest absolute Gasteiger partial charge is 0.223 e. The maximum absolute atomic E-state index is 12.5. The van der Waals surface area contributed by atoms with Crippen molar-refractivity contribution < 1.29 is 9.53 Å². The van der Waals surface area contributed by atoms with Crippen LogP contribution in [0.3, 0.4) is 0 Å². The van der Waals surface area contributed by atoms with Gasteiger partial charge in [-0.1, -0.05) is 13.3 Å². The van der Waals surface area contributed by atoms with Gasteiger partial charge in [0.1, 0.15) is 0 Å².